The molecule has 3 rings (SSSR count). The summed E-state index contributed by atoms with van der Waals surface area (Å²) in [4.78, 5) is 11.9. The topological polar surface area (TPSA) is 78.4 Å². The van der Waals surface area contributed by atoms with Crippen molar-refractivity contribution in [3.8, 4) is 23.0 Å². The average molecular weight is 421 g/mol. The lowest BCUT2D eigenvalue weighted by molar-refractivity contribution is -0.123. The van der Waals surface area contributed by atoms with Gasteiger partial charge in [0.1, 0.15) is 0 Å². The molecule has 0 atom stereocenters. The smallest absolute Gasteiger partial charge is 0.277 e. The number of nitrogens with one attached hydrogen (secondary N) is 1. The summed E-state index contributed by atoms with van der Waals surface area (Å²) in [6.45, 7) is 2.41. The van der Waals surface area contributed by atoms with Gasteiger partial charge in [-0.2, -0.15) is 5.10 Å². The largest absolute Gasteiger partial charge is 0.490 e. The summed E-state index contributed by atoms with van der Waals surface area (Å²) in [6, 6.07) is 10.7. The first-order valence-corrected chi connectivity index (χ1v) is 8.72. The van der Waals surface area contributed by atoms with Crippen LogP contribution in [-0.4, -0.2) is 32.1 Å². The standard InChI is InChI=1S/C18H17BrN2O5/c1-2-23-14-5-3-4-6-15(14)24-10-18(22)21-20-9-12-7-16-17(8-13(12)19)26-11-25-16/h3-9H,2,10-11H2,1H3,(H,21,22)/b20-9+. The molecule has 0 unspecified atom stereocenters. The van der Waals surface area contributed by atoms with Crippen LogP contribution < -0.4 is 24.4 Å². The Balaban J connectivity index is 1.54. The first kappa shape index (κ1) is 18.1. The molecule has 0 bridgehead atoms. The molecular formula is C18H17BrN2O5. The van der Waals surface area contributed by atoms with Gasteiger partial charge in [0.25, 0.3) is 5.91 Å². The Labute approximate surface area is 159 Å². The molecular weight excluding hydrogens is 404 g/mol. The molecule has 1 aliphatic rings. The fraction of sp³-hybridized carbons (Fsp3) is 0.222. The van der Waals surface area contributed by atoms with E-state index < -0.39 is 0 Å². The van der Waals surface area contributed by atoms with E-state index in [-0.39, 0.29) is 19.3 Å². The highest BCUT2D eigenvalue weighted by Crippen LogP contribution is 2.36. The van der Waals surface area contributed by atoms with Crippen molar-refractivity contribution in [3.05, 3.63) is 46.4 Å². The summed E-state index contributed by atoms with van der Waals surface area (Å²) >= 11 is 3.42. The molecule has 1 aliphatic heterocycles. The summed E-state index contributed by atoms with van der Waals surface area (Å²) in [5, 5.41) is 3.94. The Morgan fingerprint density at radius 2 is 1.92 bits per heavy atom. The second-order valence-corrected chi connectivity index (χ2v) is 6.04. The van der Waals surface area contributed by atoms with Crippen LogP contribution in [0, 0.1) is 0 Å². The van der Waals surface area contributed by atoms with Crippen LogP contribution in [0.2, 0.25) is 0 Å². The zero-order chi connectivity index (χ0) is 18.4. The quantitative estimate of drug-likeness (QED) is 0.549. The number of ether oxygens (including phenoxy) is 4. The van der Waals surface area contributed by atoms with Gasteiger partial charge in [-0.05, 0) is 47.1 Å². The van der Waals surface area contributed by atoms with Crippen LogP contribution in [0.4, 0.5) is 0 Å². The number of fused-ring (bicyclic) bond motifs is 1. The maximum Gasteiger partial charge on any atom is 0.277 e. The molecule has 0 aliphatic carbocycles. The van der Waals surface area contributed by atoms with E-state index in [0.717, 1.165) is 10.0 Å². The molecule has 0 aromatic heterocycles. The Kier molecular flexibility index (Phi) is 5.96. The monoisotopic (exact) mass is 420 g/mol. The number of rotatable bonds is 7. The van der Waals surface area contributed by atoms with Crippen LogP contribution in [0.3, 0.4) is 0 Å². The highest BCUT2D eigenvalue weighted by Gasteiger charge is 2.15. The van der Waals surface area contributed by atoms with Gasteiger partial charge in [0, 0.05) is 10.0 Å². The average Bonchev–Trinajstić information content (AvgIpc) is 3.08. The minimum Gasteiger partial charge on any atom is -0.490 e. The van der Waals surface area contributed by atoms with Crippen molar-refractivity contribution in [2.75, 3.05) is 20.0 Å². The van der Waals surface area contributed by atoms with Crippen molar-refractivity contribution in [1.82, 2.24) is 5.43 Å². The summed E-state index contributed by atoms with van der Waals surface area (Å²) in [5.74, 6) is 2.02. The van der Waals surface area contributed by atoms with Crippen molar-refractivity contribution in [2.24, 2.45) is 5.10 Å². The van der Waals surface area contributed by atoms with Crippen LogP contribution in [-0.2, 0) is 4.79 Å². The van der Waals surface area contributed by atoms with Gasteiger partial charge >= 0.3 is 0 Å². The fourth-order valence-electron chi connectivity index (χ4n) is 2.23. The van der Waals surface area contributed by atoms with Gasteiger partial charge in [0.2, 0.25) is 6.79 Å². The summed E-state index contributed by atoms with van der Waals surface area (Å²) < 4.78 is 22.3. The number of para-hydroxylation sites is 2. The van der Waals surface area contributed by atoms with Crippen molar-refractivity contribution >= 4 is 28.1 Å². The Morgan fingerprint density at radius 1 is 1.23 bits per heavy atom. The lowest BCUT2D eigenvalue weighted by atomic mass is 10.2. The van der Waals surface area contributed by atoms with Crippen molar-refractivity contribution in [2.45, 2.75) is 6.92 Å². The molecule has 0 spiro atoms. The molecule has 0 saturated carbocycles. The van der Waals surface area contributed by atoms with Gasteiger partial charge in [0.15, 0.2) is 29.6 Å². The van der Waals surface area contributed by atoms with Crippen LogP contribution in [0.5, 0.6) is 23.0 Å². The fourth-order valence-corrected chi connectivity index (χ4v) is 2.65. The summed E-state index contributed by atoms with van der Waals surface area (Å²) in [6.07, 6.45) is 1.51. The lowest BCUT2D eigenvalue weighted by Gasteiger charge is -2.10. The zero-order valence-electron chi connectivity index (χ0n) is 14.0. The Morgan fingerprint density at radius 3 is 2.65 bits per heavy atom. The normalized spacial score (nSPS) is 12.2. The zero-order valence-corrected chi connectivity index (χ0v) is 15.6. The van der Waals surface area contributed by atoms with Crippen LogP contribution in [0.15, 0.2) is 46.0 Å². The maximum absolute atomic E-state index is 11.9. The van der Waals surface area contributed by atoms with Gasteiger partial charge in [-0.1, -0.05) is 12.1 Å². The summed E-state index contributed by atoms with van der Waals surface area (Å²) in [7, 11) is 0. The van der Waals surface area contributed by atoms with E-state index in [2.05, 4.69) is 26.5 Å². The third-order valence-corrected chi connectivity index (χ3v) is 4.08. The number of benzene rings is 2. The summed E-state index contributed by atoms with van der Waals surface area (Å²) in [5.41, 5.74) is 3.17. The Hall–Kier alpha value is -2.74. The molecule has 1 amide bonds. The predicted octanol–water partition coefficient (Wildman–Crippen LogP) is 3.11. The molecule has 26 heavy (non-hydrogen) atoms. The number of carbonyl (C=O) groups is 1. The lowest BCUT2D eigenvalue weighted by Crippen LogP contribution is -2.24. The molecule has 0 radical (unpaired) electrons. The number of nitrogens with zero attached hydrogens (tertiary/aromatic N) is 1. The predicted molar refractivity (Wildman–Crippen MR) is 99.1 cm³/mol. The molecule has 8 heteroatoms. The molecule has 1 heterocycles. The molecule has 1 N–H and O–H groups in total. The molecule has 0 saturated heterocycles. The first-order chi connectivity index (χ1) is 12.7. The van der Waals surface area contributed by atoms with Crippen LogP contribution >= 0.6 is 15.9 Å². The second-order valence-electron chi connectivity index (χ2n) is 5.19. The highest BCUT2D eigenvalue weighted by atomic mass is 79.9. The van der Waals surface area contributed by atoms with Gasteiger partial charge in [-0.15, -0.1) is 0 Å². The number of carbonyl (C=O) groups excluding carboxylic acids is 1. The number of halogens is 1. The van der Waals surface area contributed by atoms with E-state index in [4.69, 9.17) is 18.9 Å². The van der Waals surface area contributed by atoms with Crippen molar-refractivity contribution < 1.29 is 23.7 Å². The second kappa shape index (κ2) is 8.57. The Bertz CT molecular complexity index is 825. The van der Waals surface area contributed by atoms with E-state index in [1.165, 1.54) is 6.21 Å². The van der Waals surface area contributed by atoms with Gasteiger partial charge in [-0.3, -0.25) is 4.79 Å². The minimum absolute atomic E-state index is 0.177. The van der Waals surface area contributed by atoms with E-state index in [1.807, 2.05) is 19.1 Å². The SMILES string of the molecule is CCOc1ccccc1OCC(=O)N/N=C/c1cc2c(cc1Br)OCO2. The minimum atomic E-state index is -0.385. The van der Waals surface area contributed by atoms with E-state index in [9.17, 15) is 4.79 Å². The first-order valence-electron chi connectivity index (χ1n) is 7.93. The number of amides is 1. The van der Waals surface area contributed by atoms with E-state index >= 15 is 0 Å². The number of hydrazone groups is 1. The van der Waals surface area contributed by atoms with E-state index in [0.29, 0.717) is 29.6 Å². The molecule has 2 aromatic rings. The third kappa shape index (κ3) is 4.45. The number of hydrogen-bond acceptors (Lipinski definition) is 6. The molecule has 136 valence electrons. The number of hydrogen-bond donors (Lipinski definition) is 1. The van der Waals surface area contributed by atoms with Crippen molar-refractivity contribution in [3.63, 3.8) is 0 Å². The van der Waals surface area contributed by atoms with Gasteiger partial charge in [-0.25, -0.2) is 5.43 Å². The van der Waals surface area contributed by atoms with Crippen molar-refractivity contribution in [1.29, 1.82) is 0 Å². The van der Waals surface area contributed by atoms with E-state index in [1.54, 1.807) is 24.3 Å². The molecule has 2 aromatic carbocycles. The van der Waals surface area contributed by atoms with Crippen LogP contribution in [0.25, 0.3) is 0 Å². The molecule has 7 nitrogen and oxygen atoms in total. The van der Waals surface area contributed by atoms with Gasteiger partial charge < -0.3 is 18.9 Å². The molecule has 0 fully saturated rings. The maximum atomic E-state index is 11.9. The highest BCUT2D eigenvalue weighted by molar-refractivity contribution is 9.10. The van der Waals surface area contributed by atoms with Gasteiger partial charge in [0.05, 0.1) is 12.8 Å². The third-order valence-electron chi connectivity index (χ3n) is 3.39. The van der Waals surface area contributed by atoms with Crippen LogP contribution in [0.1, 0.15) is 12.5 Å².